The van der Waals surface area contributed by atoms with Crippen LogP contribution < -0.4 is 10.1 Å². The van der Waals surface area contributed by atoms with Crippen LogP contribution >= 0.6 is 0 Å². The van der Waals surface area contributed by atoms with E-state index in [-0.39, 0.29) is 0 Å². The Labute approximate surface area is 104 Å². The molecule has 2 nitrogen and oxygen atoms in total. The number of benzene rings is 1. The third-order valence-corrected chi connectivity index (χ3v) is 2.78. The van der Waals surface area contributed by atoms with Gasteiger partial charge in [-0.3, -0.25) is 0 Å². The first-order valence-corrected chi connectivity index (χ1v) is 6.09. The zero-order valence-electron chi connectivity index (χ0n) is 9.96. The Kier molecular flexibility index (Phi) is 4.11. The van der Waals surface area contributed by atoms with Gasteiger partial charge in [0.15, 0.2) is 0 Å². The van der Waals surface area contributed by atoms with E-state index in [9.17, 15) is 13.2 Å². The fourth-order valence-corrected chi connectivity index (χ4v) is 1.60. The maximum absolute atomic E-state index is 12.3. The molecule has 100 valence electrons. The molecule has 0 saturated heterocycles. The molecule has 1 saturated carbocycles. The van der Waals surface area contributed by atoms with Crippen molar-refractivity contribution >= 4 is 0 Å². The highest BCUT2D eigenvalue weighted by molar-refractivity contribution is 5.28. The van der Waals surface area contributed by atoms with Gasteiger partial charge >= 0.3 is 6.18 Å². The lowest BCUT2D eigenvalue weighted by molar-refractivity contribution is -0.137. The van der Waals surface area contributed by atoms with Gasteiger partial charge in [-0.1, -0.05) is 0 Å². The van der Waals surface area contributed by atoms with Crippen LogP contribution in [0.2, 0.25) is 0 Å². The van der Waals surface area contributed by atoms with Crippen molar-refractivity contribution < 1.29 is 17.9 Å². The maximum Gasteiger partial charge on any atom is 0.416 e. The van der Waals surface area contributed by atoms with Crippen LogP contribution in [-0.4, -0.2) is 19.2 Å². The lowest BCUT2D eigenvalue weighted by Gasteiger charge is -2.09. The molecule has 0 aliphatic heterocycles. The van der Waals surface area contributed by atoms with Crippen LogP contribution in [0.15, 0.2) is 24.3 Å². The monoisotopic (exact) mass is 259 g/mol. The summed E-state index contributed by atoms with van der Waals surface area (Å²) < 4.78 is 42.3. The smallest absolute Gasteiger partial charge is 0.416 e. The average Bonchev–Trinajstić information content (AvgIpc) is 3.12. The van der Waals surface area contributed by atoms with Gasteiger partial charge in [0.05, 0.1) is 12.2 Å². The molecule has 1 fully saturated rings. The number of halogens is 3. The van der Waals surface area contributed by atoms with Crippen LogP contribution in [0.1, 0.15) is 24.8 Å². The largest absolute Gasteiger partial charge is 0.494 e. The lowest BCUT2D eigenvalue weighted by Crippen LogP contribution is -2.19. The third-order valence-electron chi connectivity index (χ3n) is 2.78. The van der Waals surface area contributed by atoms with Crippen LogP contribution in [-0.2, 0) is 6.18 Å². The molecular formula is C13H16F3NO. The number of alkyl halides is 3. The minimum Gasteiger partial charge on any atom is -0.494 e. The van der Waals surface area contributed by atoms with Gasteiger partial charge in [-0.05, 0) is 50.1 Å². The summed E-state index contributed by atoms with van der Waals surface area (Å²) >= 11 is 0. The minimum atomic E-state index is -4.29. The summed E-state index contributed by atoms with van der Waals surface area (Å²) in [6.07, 6.45) is -0.927. The second-order valence-electron chi connectivity index (χ2n) is 4.45. The fraction of sp³-hybridized carbons (Fsp3) is 0.538. The van der Waals surface area contributed by atoms with E-state index in [4.69, 9.17) is 4.74 Å². The number of hydrogen-bond acceptors (Lipinski definition) is 2. The van der Waals surface area contributed by atoms with Gasteiger partial charge in [0.1, 0.15) is 5.75 Å². The molecule has 0 radical (unpaired) electrons. The summed E-state index contributed by atoms with van der Waals surface area (Å²) in [5, 5.41) is 3.34. The van der Waals surface area contributed by atoms with Crippen molar-refractivity contribution in [3.05, 3.63) is 29.8 Å². The number of hydrogen-bond donors (Lipinski definition) is 1. The molecule has 5 heteroatoms. The van der Waals surface area contributed by atoms with E-state index in [1.807, 2.05) is 0 Å². The molecule has 0 bridgehead atoms. The molecule has 0 amide bonds. The summed E-state index contributed by atoms with van der Waals surface area (Å²) in [5.41, 5.74) is -0.648. The molecule has 0 heterocycles. The Hall–Kier alpha value is -1.23. The van der Waals surface area contributed by atoms with Gasteiger partial charge in [-0.25, -0.2) is 0 Å². The van der Waals surface area contributed by atoms with Crippen LogP contribution in [0.3, 0.4) is 0 Å². The van der Waals surface area contributed by atoms with Crippen molar-refractivity contribution in [3.63, 3.8) is 0 Å². The zero-order chi connectivity index (χ0) is 13.0. The van der Waals surface area contributed by atoms with Crippen LogP contribution in [0.4, 0.5) is 13.2 Å². The van der Waals surface area contributed by atoms with Crippen molar-refractivity contribution in [1.29, 1.82) is 0 Å². The molecule has 1 N–H and O–H groups in total. The fourth-order valence-electron chi connectivity index (χ4n) is 1.60. The SMILES string of the molecule is FC(F)(F)c1ccc(OCCCNC2CC2)cc1. The Morgan fingerprint density at radius 2 is 1.83 bits per heavy atom. The van der Waals surface area contributed by atoms with Crippen LogP contribution in [0.5, 0.6) is 5.75 Å². The van der Waals surface area contributed by atoms with Crippen molar-refractivity contribution in [2.45, 2.75) is 31.5 Å². The Bertz CT molecular complexity index is 371. The Morgan fingerprint density at radius 3 is 2.39 bits per heavy atom. The summed E-state index contributed by atoms with van der Waals surface area (Å²) in [6.45, 7) is 1.41. The topological polar surface area (TPSA) is 21.3 Å². The second-order valence-corrected chi connectivity index (χ2v) is 4.45. The van der Waals surface area contributed by atoms with Crippen LogP contribution in [0, 0.1) is 0 Å². The van der Waals surface area contributed by atoms with Gasteiger partial charge in [0, 0.05) is 6.04 Å². The second kappa shape index (κ2) is 5.61. The molecule has 0 unspecified atom stereocenters. The predicted octanol–water partition coefficient (Wildman–Crippen LogP) is 3.23. The lowest BCUT2D eigenvalue weighted by atomic mass is 10.2. The summed E-state index contributed by atoms with van der Waals surface area (Å²) in [6, 6.07) is 5.47. The van der Waals surface area contributed by atoms with Gasteiger partial charge in [0.25, 0.3) is 0 Å². The molecule has 1 aliphatic carbocycles. The Balaban J connectivity index is 1.69. The van der Waals surface area contributed by atoms with E-state index in [1.165, 1.54) is 25.0 Å². The highest BCUT2D eigenvalue weighted by Gasteiger charge is 2.29. The van der Waals surface area contributed by atoms with Crippen molar-refractivity contribution in [2.24, 2.45) is 0 Å². The van der Waals surface area contributed by atoms with E-state index in [0.717, 1.165) is 25.1 Å². The van der Waals surface area contributed by atoms with E-state index in [0.29, 0.717) is 18.4 Å². The first kappa shape index (κ1) is 13.2. The summed E-state index contributed by atoms with van der Waals surface area (Å²) in [5.74, 6) is 0.481. The standard InChI is InChI=1S/C13H16F3NO/c14-13(15,16)10-2-6-12(7-3-10)18-9-1-8-17-11-4-5-11/h2-3,6-7,11,17H,1,4-5,8-9H2. The number of ether oxygens (including phenoxy) is 1. The third kappa shape index (κ3) is 4.22. The number of rotatable bonds is 6. The van der Waals surface area contributed by atoms with E-state index >= 15 is 0 Å². The normalized spacial score (nSPS) is 15.7. The average molecular weight is 259 g/mol. The predicted molar refractivity (Wildman–Crippen MR) is 62.6 cm³/mol. The van der Waals surface area contributed by atoms with E-state index in [1.54, 1.807) is 0 Å². The molecule has 0 aromatic heterocycles. The quantitative estimate of drug-likeness (QED) is 0.792. The first-order valence-electron chi connectivity index (χ1n) is 6.09. The highest BCUT2D eigenvalue weighted by Crippen LogP contribution is 2.30. The molecule has 2 rings (SSSR count). The molecule has 0 spiro atoms. The van der Waals surface area contributed by atoms with Gasteiger partial charge in [-0.15, -0.1) is 0 Å². The molecule has 1 aromatic carbocycles. The molecule has 1 aromatic rings. The minimum absolute atomic E-state index is 0.481. The van der Waals surface area contributed by atoms with Gasteiger partial charge in [-0.2, -0.15) is 13.2 Å². The van der Waals surface area contributed by atoms with Gasteiger partial charge in [0.2, 0.25) is 0 Å². The first-order chi connectivity index (χ1) is 8.55. The highest BCUT2D eigenvalue weighted by atomic mass is 19.4. The summed E-state index contributed by atoms with van der Waals surface area (Å²) in [4.78, 5) is 0. The molecular weight excluding hydrogens is 243 g/mol. The maximum atomic E-state index is 12.3. The van der Waals surface area contributed by atoms with Crippen LogP contribution in [0.25, 0.3) is 0 Å². The Morgan fingerprint density at radius 1 is 1.17 bits per heavy atom. The van der Waals surface area contributed by atoms with E-state index < -0.39 is 11.7 Å². The zero-order valence-corrected chi connectivity index (χ0v) is 9.96. The molecule has 0 atom stereocenters. The van der Waals surface area contributed by atoms with Crippen molar-refractivity contribution in [3.8, 4) is 5.75 Å². The van der Waals surface area contributed by atoms with Crippen molar-refractivity contribution in [2.75, 3.05) is 13.2 Å². The van der Waals surface area contributed by atoms with Crippen molar-refractivity contribution in [1.82, 2.24) is 5.32 Å². The van der Waals surface area contributed by atoms with Gasteiger partial charge < -0.3 is 10.1 Å². The molecule has 18 heavy (non-hydrogen) atoms. The van der Waals surface area contributed by atoms with E-state index in [2.05, 4.69) is 5.32 Å². The molecule has 1 aliphatic rings. The summed E-state index contributed by atoms with van der Waals surface area (Å²) in [7, 11) is 0. The number of nitrogens with one attached hydrogen (secondary N) is 1.